The van der Waals surface area contributed by atoms with E-state index in [9.17, 15) is 22.4 Å². The van der Waals surface area contributed by atoms with Gasteiger partial charge >= 0.3 is 0 Å². The first-order valence-corrected chi connectivity index (χ1v) is 15.6. The van der Waals surface area contributed by atoms with E-state index in [1.807, 2.05) is 70.2 Å². The number of carbonyl (C=O) groups excluding carboxylic acids is 2. The standard InChI is InChI=1S/C32H40FN3O4S/c1-23(2)34-32(38)30(21-26-12-7-6-8-13-26)35(22-27-16-18-28(33)19-17-27)31(37)15-10-20-36(41(5,39)40)29-14-9-11-24(3)25(29)4/h6-9,11-14,16-19,23,30H,10,15,20-22H2,1-5H3,(H,34,38). The summed E-state index contributed by atoms with van der Waals surface area (Å²) < 4.78 is 40.4. The molecular weight excluding hydrogens is 541 g/mol. The number of sulfonamides is 1. The fourth-order valence-corrected chi connectivity index (χ4v) is 5.73. The first-order chi connectivity index (χ1) is 19.4. The van der Waals surface area contributed by atoms with Crippen LogP contribution >= 0.6 is 0 Å². The zero-order chi connectivity index (χ0) is 30.2. The monoisotopic (exact) mass is 581 g/mol. The van der Waals surface area contributed by atoms with Crippen LogP contribution in [0.2, 0.25) is 0 Å². The fraction of sp³-hybridized carbons (Fsp3) is 0.375. The molecule has 0 saturated heterocycles. The molecule has 1 atom stereocenters. The lowest BCUT2D eigenvalue weighted by Gasteiger charge is -2.32. The van der Waals surface area contributed by atoms with Gasteiger partial charge in [-0.3, -0.25) is 13.9 Å². The van der Waals surface area contributed by atoms with Crippen LogP contribution in [0.15, 0.2) is 72.8 Å². The van der Waals surface area contributed by atoms with Crippen molar-refractivity contribution < 1.29 is 22.4 Å². The molecule has 3 aromatic carbocycles. The molecule has 3 rings (SSSR count). The maximum Gasteiger partial charge on any atom is 0.243 e. The number of nitrogens with one attached hydrogen (secondary N) is 1. The quantitative estimate of drug-likeness (QED) is 0.302. The van der Waals surface area contributed by atoms with Crippen LogP contribution in [0.5, 0.6) is 0 Å². The zero-order valence-corrected chi connectivity index (χ0v) is 25.2. The van der Waals surface area contributed by atoms with E-state index in [2.05, 4.69) is 5.32 Å². The second-order valence-corrected chi connectivity index (χ2v) is 12.6. The van der Waals surface area contributed by atoms with Gasteiger partial charge in [-0.2, -0.15) is 0 Å². The molecule has 0 bridgehead atoms. The number of hydrogen-bond donors (Lipinski definition) is 1. The van der Waals surface area contributed by atoms with Gasteiger partial charge in [0.15, 0.2) is 0 Å². The summed E-state index contributed by atoms with van der Waals surface area (Å²) in [5.74, 6) is -0.964. The smallest absolute Gasteiger partial charge is 0.243 e. The minimum Gasteiger partial charge on any atom is -0.352 e. The summed E-state index contributed by atoms with van der Waals surface area (Å²) in [5, 5.41) is 2.94. The molecule has 3 aromatic rings. The van der Waals surface area contributed by atoms with Crippen LogP contribution in [-0.2, 0) is 32.6 Å². The Labute approximate surface area is 243 Å². The van der Waals surface area contributed by atoms with Crippen molar-refractivity contribution in [3.05, 3.63) is 101 Å². The third-order valence-electron chi connectivity index (χ3n) is 6.97. The van der Waals surface area contributed by atoms with Crippen molar-refractivity contribution in [3.63, 3.8) is 0 Å². The summed E-state index contributed by atoms with van der Waals surface area (Å²) in [6.45, 7) is 7.73. The molecule has 2 amide bonds. The summed E-state index contributed by atoms with van der Waals surface area (Å²) in [6, 6.07) is 19.9. The SMILES string of the molecule is Cc1cccc(N(CCCC(=O)N(Cc2ccc(F)cc2)C(Cc2ccccc2)C(=O)NC(C)C)S(C)(=O)=O)c1C. The highest BCUT2D eigenvalue weighted by atomic mass is 32.2. The number of benzene rings is 3. The molecule has 0 saturated carbocycles. The molecule has 41 heavy (non-hydrogen) atoms. The van der Waals surface area contributed by atoms with Crippen molar-refractivity contribution in [1.29, 1.82) is 0 Å². The predicted molar refractivity (Wildman–Crippen MR) is 162 cm³/mol. The molecule has 0 heterocycles. The topological polar surface area (TPSA) is 86.8 Å². The lowest BCUT2D eigenvalue weighted by atomic mass is 10.0. The fourth-order valence-electron chi connectivity index (χ4n) is 4.71. The number of amides is 2. The van der Waals surface area contributed by atoms with Gasteiger partial charge in [0.25, 0.3) is 0 Å². The molecule has 7 nitrogen and oxygen atoms in total. The molecule has 0 aliphatic rings. The van der Waals surface area contributed by atoms with E-state index in [1.54, 1.807) is 18.2 Å². The Morgan fingerprint density at radius 3 is 2.17 bits per heavy atom. The number of anilines is 1. The summed E-state index contributed by atoms with van der Waals surface area (Å²) in [5.41, 5.74) is 3.99. The van der Waals surface area contributed by atoms with Gasteiger partial charge in [-0.05, 0) is 74.6 Å². The lowest BCUT2D eigenvalue weighted by molar-refractivity contribution is -0.141. The Morgan fingerprint density at radius 1 is 0.902 bits per heavy atom. The van der Waals surface area contributed by atoms with Gasteiger partial charge in [0.2, 0.25) is 21.8 Å². The molecule has 9 heteroatoms. The highest BCUT2D eigenvalue weighted by Crippen LogP contribution is 2.26. The highest BCUT2D eigenvalue weighted by Gasteiger charge is 2.31. The van der Waals surface area contributed by atoms with Crippen LogP contribution in [0.4, 0.5) is 10.1 Å². The molecule has 220 valence electrons. The third-order valence-corrected chi connectivity index (χ3v) is 8.15. The largest absolute Gasteiger partial charge is 0.352 e. The summed E-state index contributed by atoms with van der Waals surface area (Å²) in [4.78, 5) is 28.8. The maximum absolute atomic E-state index is 13.8. The average molecular weight is 582 g/mol. The van der Waals surface area contributed by atoms with Gasteiger partial charge < -0.3 is 10.2 Å². The van der Waals surface area contributed by atoms with Crippen LogP contribution in [-0.4, -0.2) is 50.0 Å². The molecule has 0 fully saturated rings. The van der Waals surface area contributed by atoms with Gasteiger partial charge in [-0.25, -0.2) is 12.8 Å². The van der Waals surface area contributed by atoms with Crippen LogP contribution in [0, 0.1) is 19.7 Å². The number of nitrogens with zero attached hydrogens (tertiary/aromatic N) is 2. The number of halogens is 1. The minimum atomic E-state index is -3.60. The van der Waals surface area contributed by atoms with Crippen molar-refractivity contribution in [2.45, 2.75) is 65.6 Å². The van der Waals surface area contributed by atoms with E-state index in [4.69, 9.17) is 0 Å². The number of carbonyl (C=O) groups is 2. The second kappa shape index (κ2) is 14.3. The van der Waals surface area contributed by atoms with Crippen molar-refractivity contribution >= 4 is 27.5 Å². The molecular formula is C32H40FN3O4S. The maximum atomic E-state index is 13.8. The molecule has 1 N–H and O–H groups in total. The first kappa shape index (κ1) is 31.8. The van der Waals surface area contributed by atoms with Crippen LogP contribution in [0.25, 0.3) is 0 Å². The van der Waals surface area contributed by atoms with Gasteiger partial charge in [0, 0.05) is 32.0 Å². The van der Waals surface area contributed by atoms with Gasteiger partial charge in [-0.1, -0.05) is 54.6 Å². The Bertz CT molecular complexity index is 1430. The molecule has 0 spiro atoms. The Morgan fingerprint density at radius 2 is 1.56 bits per heavy atom. The first-order valence-electron chi connectivity index (χ1n) is 13.8. The van der Waals surface area contributed by atoms with Gasteiger partial charge in [0.1, 0.15) is 11.9 Å². The Kier molecular flexibility index (Phi) is 11.1. The number of aryl methyl sites for hydroxylation is 1. The lowest BCUT2D eigenvalue weighted by Crippen LogP contribution is -2.51. The van der Waals surface area contributed by atoms with Crippen molar-refractivity contribution in [3.8, 4) is 0 Å². The van der Waals surface area contributed by atoms with Crippen molar-refractivity contribution in [2.24, 2.45) is 0 Å². The summed E-state index contributed by atoms with van der Waals surface area (Å²) in [6.07, 6.45) is 1.73. The van der Waals surface area contributed by atoms with E-state index in [0.29, 0.717) is 17.7 Å². The Hall–Kier alpha value is -3.72. The van der Waals surface area contributed by atoms with Crippen molar-refractivity contribution in [1.82, 2.24) is 10.2 Å². The minimum absolute atomic E-state index is 0.0261. The highest BCUT2D eigenvalue weighted by molar-refractivity contribution is 7.92. The normalized spacial score (nSPS) is 12.2. The summed E-state index contributed by atoms with van der Waals surface area (Å²) in [7, 11) is -3.60. The van der Waals surface area contributed by atoms with Crippen LogP contribution in [0.1, 0.15) is 48.9 Å². The predicted octanol–water partition coefficient (Wildman–Crippen LogP) is 5.15. The third kappa shape index (κ3) is 9.14. The van der Waals surface area contributed by atoms with Crippen molar-refractivity contribution in [2.75, 3.05) is 17.1 Å². The van der Waals surface area contributed by atoms with Crippen LogP contribution in [0.3, 0.4) is 0 Å². The second-order valence-electron chi connectivity index (χ2n) is 10.7. The number of hydrogen-bond acceptors (Lipinski definition) is 4. The molecule has 0 aliphatic carbocycles. The number of rotatable bonds is 13. The molecule has 1 unspecified atom stereocenters. The van der Waals surface area contributed by atoms with E-state index < -0.39 is 21.9 Å². The van der Waals surface area contributed by atoms with E-state index in [1.165, 1.54) is 21.3 Å². The van der Waals surface area contributed by atoms with E-state index in [0.717, 1.165) is 22.9 Å². The van der Waals surface area contributed by atoms with Gasteiger partial charge in [-0.15, -0.1) is 0 Å². The average Bonchev–Trinajstić information content (AvgIpc) is 2.91. The van der Waals surface area contributed by atoms with Crippen LogP contribution < -0.4 is 9.62 Å². The van der Waals surface area contributed by atoms with E-state index >= 15 is 0 Å². The molecule has 0 radical (unpaired) electrons. The summed E-state index contributed by atoms with van der Waals surface area (Å²) >= 11 is 0. The molecule has 0 aromatic heterocycles. The Balaban J connectivity index is 1.89. The molecule has 0 aliphatic heterocycles. The van der Waals surface area contributed by atoms with Gasteiger partial charge in [0.05, 0.1) is 11.9 Å². The zero-order valence-electron chi connectivity index (χ0n) is 24.4. The van der Waals surface area contributed by atoms with E-state index in [-0.39, 0.29) is 43.8 Å².